The van der Waals surface area contributed by atoms with Crippen LogP contribution in [0.2, 0.25) is 0 Å². The van der Waals surface area contributed by atoms with E-state index in [2.05, 4.69) is 40.7 Å². The molecule has 170 valence electrons. The Labute approximate surface area is 186 Å². The first-order chi connectivity index (χ1) is 14.1. The zero-order valence-electron chi connectivity index (χ0n) is 20.8. The summed E-state index contributed by atoms with van der Waals surface area (Å²) in [5, 5.41) is 0. The largest absolute Gasteiger partial charge is 0.290 e. The number of rotatable bonds is 14. The Morgan fingerprint density at radius 2 is 1.37 bits per heavy atom. The van der Waals surface area contributed by atoms with Crippen LogP contribution < -0.4 is 0 Å². The first-order valence-electron chi connectivity index (χ1n) is 12.2. The highest BCUT2D eigenvalue weighted by Crippen LogP contribution is 2.24. The molecule has 0 N–H and O–H groups in total. The molecule has 0 radical (unpaired) electrons. The molecule has 0 aliphatic heterocycles. The Hall–Kier alpha value is -1.44. The number of hydrogen-bond acceptors (Lipinski definition) is 2. The minimum Gasteiger partial charge on any atom is -0.290 e. The molecule has 2 atom stereocenters. The lowest BCUT2D eigenvalue weighted by molar-refractivity contribution is -0.115. The van der Waals surface area contributed by atoms with Crippen molar-refractivity contribution in [3.8, 4) is 0 Å². The van der Waals surface area contributed by atoms with Crippen molar-refractivity contribution in [2.45, 2.75) is 113 Å². The van der Waals surface area contributed by atoms with Gasteiger partial charge < -0.3 is 0 Å². The van der Waals surface area contributed by atoms with Crippen LogP contribution in [0.4, 0.5) is 0 Å². The molecule has 0 saturated heterocycles. The molecule has 0 heterocycles. The van der Waals surface area contributed by atoms with E-state index < -0.39 is 0 Å². The van der Waals surface area contributed by atoms with Crippen molar-refractivity contribution in [3.05, 3.63) is 34.4 Å². The molecule has 1 aliphatic rings. The smallest absolute Gasteiger partial charge is 0.185 e. The SMILES string of the molecule is CC1=C(C)C(=O)C(C/C=C(\C)CCC[C@@H](C)CCC[C@@H](C)CCCC(C)C)=CC1=O. The minimum absolute atomic E-state index is 0.0174. The molecule has 0 fully saturated rings. The van der Waals surface area contributed by atoms with Crippen molar-refractivity contribution in [2.75, 3.05) is 0 Å². The third-order valence-corrected chi connectivity index (χ3v) is 6.68. The summed E-state index contributed by atoms with van der Waals surface area (Å²) in [6.07, 6.45) is 16.0. The van der Waals surface area contributed by atoms with Crippen molar-refractivity contribution < 1.29 is 9.59 Å². The minimum atomic E-state index is -0.0174. The number of carbonyl (C=O) groups excluding carboxylic acids is 2. The molecule has 0 aromatic heterocycles. The summed E-state index contributed by atoms with van der Waals surface area (Å²) in [7, 11) is 0. The van der Waals surface area contributed by atoms with E-state index in [4.69, 9.17) is 0 Å². The van der Waals surface area contributed by atoms with Gasteiger partial charge in [-0.1, -0.05) is 84.3 Å². The Balaban J connectivity index is 2.23. The zero-order valence-corrected chi connectivity index (χ0v) is 20.8. The van der Waals surface area contributed by atoms with E-state index in [1.54, 1.807) is 13.8 Å². The van der Waals surface area contributed by atoms with E-state index in [0.717, 1.165) is 24.2 Å². The molecule has 0 unspecified atom stereocenters. The topological polar surface area (TPSA) is 34.1 Å². The van der Waals surface area contributed by atoms with Crippen LogP contribution in [-0.4, -0.2) is 11.6 Å². The van der Waals surface area contributed by atoms with Gasteiger partial charge in [0, 0.05) is 16.7 Å². The molecule has 1 aliphatic carbocycles. The average Bonchev–Trinajstić information content (AvgIpc) is 2.67. The highest BCUT2D eigenvalue weighted by Gasteiger charge is 2.22. The lowest BCUT2D eigenvalue weighted by Gasteiger charge is -2.15. The Morgan fingerprint density at radius 1 is 0.833 bits per heavy atom. The first kappa shape index (κ1) is 26.6. The van der Waals surface area contributed by atoms with E-state index >= 15 is 0 Å². The predicted octanol–water partition coefficient (Wildman–Crippen LogP) is 8.18. The molecule has 0 aromatic rings. The predicted molar refractivity (Wildman–Crippen MR) is 130 cm³/mol. The van der Waals surface area contributed by atoms with Gasteiger partial charge in [-0.25, -0.2) is 0 Å². The van der Waals surface area contributed by atoms with Crippen LogP contribution in [0.3, 0.4) is 0 Å². The summed E-state index contributed by atoms with van der Waals surface area (Å²) >= 11 is 0. The summed E-state index contributed by atoms with van der Waals surface area (Å²) < 4.78 is 0. The second-order valence-corrected chi connectivity index (χ2v) is 10.2. The summed E-state index contributed by atoms with van der Waals surface area (Å²) in [4.78, 5) is 24.3. The van der Waals surface area contributed by atoms with Crippen molar-refractivity contribution in [3.63, 3.8) is 0 Å². The summed E-state index contributed by atoms with van der Waals surface area (Å²) in [5.41, 5.74) is 3.15. The van der Waals surface area contributed by atoms with Gasteiger partial charge in [0.15, 0.2) is 11.6 Å². The Kier molecular flexibility index (Phi) is 12.2. The van der Waals surface area contributed by atoms with Gasteiger partial charge in [0.05, 0.1) is 0 Å². The van der Waals surface area contributed by atoms with Gasteiger partial charge >= 0.3 is 0 Å². The van der Waals surface area contributed by atoms with Gasteiger partial charge in [-0.2, -0.15) is 0 Å². The standard InChI is InChI=1S/C28H46O2/c1-20(2)11-8-12-21(3)13-9-14-22(4)15-10-16-23(5)17-18-26-19-27(29)24(6)25(7)28(26)30/h17,19-22H,8-16,18H2,1-7H3/b23-17+/t21-,22-/m0/s1. The third kappa shape index (κ3) is 10.0. The summed E-state index contributed by atoms with van der Waals surface area (Å²) in [6, 6.07) is 0. The van der Waals surface area contributed by atoms with Crippen molar-refractivity contribution >= 4 is 11.6 Å². The van der Waals surface area contributed by atoms with Gasteiger partial charge in [0.2, 0.25) is 0 Å². The van der Waals surface area contributed by atoms with Gasteiger partial charge in [-0.15, -0.1) is 0 Å². The van der Waals surface area contributed by atoms with Crippen LogP contribution in [0, 0.1) is 17.8 Å². The van der Waals surface area contributed by atoms with Crippen LogP contribution in [0.25, 0.3) is 0 Å². The molecule has 2 heteroatoms. The highest BCUT2D eigenvalue weighted by atomic mass is 16.1. The van der Waals surface area contributed by atoms with Crippen LogP contribution in [0.5, 0.6) is 0 Å². The average molecular weight is 415 g/mol. The number of Topliss-reactive ketones (excluding diaryl/α,β-unsaturated/α-hetero) is 1. The zero-order chi connectivity index (χ0) is 22.7. The second-order valence-electron chi connectivity index (χ2n) is 10.2. The van der Waals surface area contributed by atoms with E-state index in [-0.39, 0.29) is 11.6 Å². The fourth-order valence-electron chi connectivity index (χ4n) is 4.17. The maximum Gasteiger partial charge on any atom is 0.185 e. The molecule has 0 aromatic carbocycles. The lowest BCUT2D eigenvalue weighted by Crippen LogP contribution is -2.16. The number of ketones is 2. The highest BCUT2D eigenvalue weighted by molar-refractivity contribution is 6.22. The maximum atomic E-state index is 12.3. The van der Waals surface area contributed by atoms with Gasteiger partial charge in [0.25, 0.3) is 0 Å². The fourth-order valence-corrected chi connectivity index (χ4v) is 4.17. The maximum absolute atomic E-state index is 12.3. The fraction of sp³-hybridized carbons (Fsp3) is 0.714. The normalized spacial score (nSPS) is 17.6. The van der Waals surface area contributed by atoms with Crippen LogP contribution >= 0.6 is 0 Å². The monoisotopic (exact) mass is 414 g/mol. The van der Waals surface area contributed by atoms with Gasteiger partial charge in [0.1, 0.15) is 0 Å². The molecule has 0 saturated carbocycles. The second kappa shape index (κ2) is 13.8. The molecular formula is C28H46O2. The number of hydrogen-bond donors (Lipinski definition) is 0. The van der Waals surface area contributed by atoms with E-state index in [1.807, 2.05) is 0 Å². The molecular weight excluding hydrogens is 368 g/mol. The van der Waals surface area contributed by atoms with Gasteiger partial charge in [-0.05, 0) is 63.9 Å². The first-order valence-corrected chi connectivity index (χ1v) is 12.2. The van der Waals surface area contributed by atoms with Crippen LogP contribution in [0.1, 0.15) is 113 Å². The Morgan fingerprint density at radius 3 is 1.93 bits per heavy atom. The van der Waals surface area contributed by atoms with Crippen LogP contribution in [0.15, 0.2) is 34.4 Å². The van der Waals surface area contributed by atoms with E-state index in [1.165, 1.54) is 63.0 Å². The molecule has 0 amide bonds. The van der Waals surface area contributed by atoms with Crippen molar-refractivity contribution in [1.82, 2.24) is 0 Å². The Bertz CT molecular complexity index is 660. The number of allylic oxidation sites excluding steroid dienone is 6. The van der Waals surface area contributed by atoms with Crippen LogP contribution in [-0.2, 0) is 9.59 Å². The molecule has 30 heavy (non-hydrogen) atoms. The van der Waals surface area contributed by atoms with E-state index in [9.17, 15) is 9.59 Å². The third-order valence-electron chi connectivity index (χ3n) is 6.68. The molecule has 1 rings (SSSR count). The van der Waals surface area contributed by atoms with Crippen molar-refractivity contribution in [2.24, 2.45) is 17.8 Å². The quantitative estimate of drug-likeness (QED) is 0.212. The van der Waals surface area contributed by atoms with Crippen molar-refractivity contribution in [1.29, 1.82) is 0 Å². The summed E-state index contributed by atoms with van der Waals surface area (Å²) in [5.74, 6) is 2.51. The molecule has 2 nitrogen and oxygen atoms in total. The summed E-state index contributed by atoms with van der Waals surface area (Å²) in [6.45, 7) is 15.1. The van der Waals surface area contributed by atoms with E-state index in [0.29, 0.717) is 23.1 Å². The lowest BCUT2D eigenvalue weighted by atomic mass is 9.89. The molecule has 0 bridgehead atoms. The van der Waals surface area contributed by atoms with Gasteiger partial charge in [-0.3, -0.25) is 9.59 Å². The molecule has 0 spiro atoms. The number of carbonyl (C=O) groups is 2.